The first-order chi connectivity index (χ1) is 9.74. The quantitative estimate of drug-likeness (QED) is 0.904. The highest BCUT2D eigenvalue weighted by atomic mass is 79.9. The molecule has 20 heavy (non-hydrogen) atoms. The molecule has 2 atom stereocenters. The van der Waals surface area contributed by atoms with Gasteiger partial charge in [0.05, 0.1) is 11.2 Å². The predicted octanol–water partition coefficient (Wildman–Crippen LogP) is 3.19. The van der Waals surface area contributed by atoms with E-state index < -0.39 is 0 Å². The molecule has 2 N–H and O–H groups in total. The van der Waals surface area contributed by atoms with E-state index in [-0.39, 0.29) is 0 Å². The second-order valence-corrected chi connectivity index (χ2v) is 6.33. The highest BCUT2D eigenvalue weighted by Crippen LogP contribution is 2.25. The van der Waals surface area contributed by atoms with Crippen molar-refractivity contribution in [3.8, 4) is 0 Å². The molecule has 1 aliphatic heterocycles. The highest BCUT2D eigenvalue weighted by Gasteiger charge is 2.20. The summed E-state index contributed by atoms with van der Waals surface area (Å²) in [5.41, 5.74) is 2.92. The summed E-state index contributed by atoms with van der Waals surface area (Å²) in [5.74, 6) is 0.669. The first-order valence-electron chi connectivity index (χ1n) is 7.11. The zero-order chi connectivity index (χ0) is 13.9. The van der Waals surface area contributed by atoms with Gasteiger partial charge >= 0.3 is 0 Å². The van der Waals surface area contributed by atoms with Gasteiger partial charge in [-0.15, -0.1) is 0 Å². The van der Waals surface area contributed by atoms with Crippen molar-refractivity contribution in [3.05, 3.63) is 29.0 Å². The van der Waals surface area contributed by atoms with E-state index in [4.69, 9.17) is 0 Å². The van der Waals surface area contributed by atoms with Crippen LogP contribution < -0.4 is 10.6 Å². The minimum atomic E-state index is 0.429. The van der Waals surface area contributed by atoms with Crippen LogP contribution >= 0.6 is 15.9 Å². The minimum Gasteiger partial charge on any atom is -0.380 e. The van der Waals surface area contributed by atoms with Crippen molar-refractivity contribution in [1.82, 2.24) is 15.3 Å². The standard InChI is InChI=1S/C15H19BrN4/c1-10(11-3-2-5-17-8-11)20-13-4-6-18-14-7-12(16)9-19-15(13)14/h4,6-7,9-11,17H,2-3,5,8H2,1H3,(H,18,20). The topological polar surface area (TPSA) is 49.8 Å². The smallest absolute Gasteiger partial charge is 0.112 e. The maximum absolute atomic E-state index is 4.49. The Hall–Kier alpha value is -1.20. The monoisotopic (exact) mass is 334 g/mol. The number of piperidine rings is 1. The molecule has 1 aliphatic rings. The summed E-state index contributed by atoms with van der Waals surface area (Å²) in [6.07, 6.45) is 6.20. The molecule has 2 aromatic heterocycles. The fraction of sp³-hybridized carbons (Fsp3) is 0.467. The molecule has 0 aromatic carbocycles. The molecule has 0 bridgehead atoms. The van der Waals surface area contributed by atoms with Gasteiger partial charge < -0.3 is 10.6 Å². The van der Waals surface area contributed by atoms with Crippen LogP contribution in [0.4, 0.5) is 5.69 Å². The van der Waals surface area contributed by atoms with Gasteiger partial charge in [-0.05, 0) is 66.8 Å². The molecule has 3 heterocycles. The van der Waals surface area contributed by atoms with Crippen molar-refractivity contribution >= 4 is 32.7 Å². The summed E-state index contributed by atoms with van der Waals surface area (Å²) in [6.45, 7) is 4.50. The number of rotatable bonds is 3. The summed E-state index contributed by atoms with van der Waals surface area (Å²) < 4.78 is 0.958. The van der Waals surface area contributed by atoms with Gasteiger partial charge in [0.25, 0.3) is 0 Å². The molecule has 106 valence electrons. The Bertz CT molecular complexity index is 595. The number of aromatic nitrogens is 2. The van der Waals surface area contributed by atoms with Gasteiger partial charge in [0.1, 0.15) is 5.52 Å². The molecule has 1 fully saturated rings. The predicted molar refractivity (Wildman–Crippen MR) is 85.9 cm³/mol. The molecule has 0 amide bonds. The number of nitrogens with zero attached hydrogens (tertiary/aromatic N) is 2. The maximum atomic E-state index is 4.49. The van der Waals surface area contributed by atoms with Crippen LogP contribution in [0.3, 0.4) is 0 Å². The van der Waals surface area contributed by atoms with Crippen LogP contribution in [0.15, 0.2) is 29.0 Å². The molecule has 3 rings (SSSR count). The first-order valence-corrected chi connectivity index (χ1v) is 7.91. The van der Waals surface area contributed by atoms with Crippen LogP contribution in [0.2, 0.25) is 0 Å². The van der Waals surface area contributed by atoms with Gasteiger partial charge in [-0.3, -0.25) is 9.97 Å². The van der Waals surface area contributed by atoms with Crippen LogP contribution in [0.25, 0.3) is 11.0 Å². The number of halogens is 1. The molecule has 0 saturated carbocycles. The lowest BCUT2D eigenvalue weighted by atomic mass is 9.92. The third-order valence-electron chi connectivity index (χ3n) is 3.97. The number of nitrogens with one attached hydrogen (secondary N) is 2. The second kappa shape index (κ2) is 6.06. The Balaban J connectivity index is 1.83. The van der Waals surface area contributed by atoms with Gasteiger partial charge in [0.15, 0.2) is 0 Å². The van der Waals surface area contributed by atoms with Crippen LogP contribution in [0, 0.1) is 5.92 Å². The molecular weight excluding hydrogens is 316 g/mol. The number of fused-ring (bicyclic) bond motifs is 1. The summed E-state index contributed by atoms with van der Waals surface area (Å²) in [7, 11) is 0. The third-order valence-corrected chi connectivity index (χ3v) is 4.40. The molecule has 0 aliphatic carbocycles. The number of pyridine rings is 2. The SMILES string of the molecule is CC(Nc1ccnc2cc(Br)cnc12)C1CCCNC1. The zero-order valence-electron chi connectivity index (χ0n) is 11.6. The van der Waals surface area contributed by atoms with Gasteiger partial charge in [-0.1, -0.05) is 0 Å². The van der Waals surface area contributed by atoms with Crippen molar-refractivity contribution in [2.75, 3.05) is 18.4 Å². The van der Waals surface area contributed by atoms with Crippen LogP contribution in [-0.4, -0.2) is 29.1 Å². The molecular formula is C15H19BrN4. The van der Waals surface area contributed by atoms with E-state index in [0.717, 1.165) is 34.3 Å². The third kappa shape index (κ3) is 2.94. The van der Waals surface area contributed by atoms with Crippen molar-refractivity contribution in [2.24, 2.45) is 5.92 Å². The van der Waals surface area contributed by atoms with E-state index >= 15 is 0 Å². The number of anilines is 1. The Morgan fingerprint density at radius 2 is 2.35 bits per heavy atom. The molecule has 2 aromatic rings. The fourth-order valence-electron chi connectivity index (χ4n) is 2.79. The Kier molecular flexibility index (Phi) is 4.17. The van der Waals surface area contributed by atoms with Crippen molar-refractivity contribution in [2.45, 2.75) is 25.8 Å². The summed E-state index contributed by atoms with van der Waals surface area (Å²) in [5, 5.41) is 7.09. The van der Waals surface area contributed by atoms with E-state index in [2.05, 4.69) is 43.5 Å². The van der Waals surface area contributed by atoms with E-state index in [0.29, 0.717) is 12.0 Å². The lowest BCUT2D eigenvalue weighted by Gasteiger charge is -2.29. The fourth-order valence-corrected chi connectivity index (χ4v) is 3.11. The Morgan fingerprint density at radius 3 is 3.15 bits per heavy atom. The second-order valence-electron chi connectivity index (χ2n) is 5.42. The largest absolute Gasteiger partial charge is 0.380 e. The zero-order valence-corrected chi connectivity index (χ0v) is 13.2. The van der Waals surface area contributed by atoms with Crippen molar-refractivity contribution < 1.29 is 0 Å². The summed E-state index contributed by atoms with van der Waals surface area (Å²) in [4.78, 5) is 8.87. The van der Waals surface area contributed by atoms with E-state index in [1.165, 1.54) is 12.8 Å². The number of hydrogen-bond acceptors (Lipinski definition) is 4. The van der Waals surface area contributed by atoms with Crippen LogP contribution in [-0.2, 0) is 0 Å². The molecule has 0 radical (unpaired) electrons. The van der Waals surface area contributed by atoms with Crippen LogP contribution in [0.5, 0.6) is 0 Å². The van der Waals surface area contributed by atoms with Crippen LogP contribution in [0.1, 0.15) is 19.8 Å². The number of hydrogen-bond donors (Lipinski definition) is 2. The average molecular weight is 335 g/mol. The first kappa shape index (κ1) is 13.8. The Labute approximate surface area is 127 Å². The van der Waals surface area contributed by atoms with E-state index in [9.17, 15) is 0 Å². The van der Waals surface area contributed by atoms with Gasteiger partial charge in [0.2, 0.25) is 0 Å². The van der Waals surface area contributed by atoms with E-state index in [1.807, 2.05) is 24.5 Å². The van der Waals surface area contributed by atoms with Gasteiger partial charge in [-0.25, -0.2) is 0 Å². The molecule has 0 spiro atoms. The van der Waals surface area contributed by atoms with Gasteiger partial charge in [-0.2, -0.15) is 0 Å². The molecule has 2 unspecified atom stereocenters. The summed E-state index contributed by atoms with van der Waals surface area (Å²) >= 11 is 3.44. The van der Waals surface area contributed by atoms with Gasteiger partial charge in [0, 0.05) is 22.9 Å². The maximum Gasteiger partial charge on any atom is 0.112 e. The average Bonchev–Trinajstić information content (AvgIpc) is 2.48. The molecule has 4 nitrogen and oxygen atoms in total. The molecule has 5 heteroatoms. The summed E-state index contributed by atoms with van der Waals surface area (Å²) in [6, 6.07) is 4.44. The lowest BCUT2D eigenvalue weighted by molar-refractivity contribution is 0.347. The lowest BCUT2D eigenvalue weighted by Crippen LogP contribution is -2.38. The van der Waals surface area contributed by atoms with E-state index in [1.54, 1.807) is 0 Å². The minimum absolute atomic E-state index is 0.429. The Morgan fingerprint density at radius 1 is 1.45 bits per heavy atom. The molecule has 1 saturated heterocycles. The van der Waals surface area contributed by atoms with Crippen molar-refractivity contribution in [3.63, 3.8) is 0 Å². The normalized spacial score (nSPS) is 20.8. The highest BCUT2D eigenvalue weighted by molar-refractivity contribution is 9.10. The van der Waals surface area contributed by atoms with Crippen molar-refractivity contribution in [1.29, 1.82) is 0 Å².